The monoisotopic (exact) mass is 492 g/mol. The predicted molar refractivity (Wildman–Crippen MR) is 121 cm³/mol. The zero-order valence-corrected chi connectivity index (χ0v) is 18.9. The summed E-state index contributed by atoms with van der Waals surface area (Å²) in [7, 11) is 1.74. The van der Waals surface area contributed by atoms with Gasteiger partial charge in [0.2, 0.25) is 5.91 Å². The van der Waals surface area contributed by atoms with E-state index in [1.165, 1.54) is 6.92 Å². The molecule has 0 bridgehead atoms. The Bertz CT molecular complexity index is 556. The van der Waals surface area contributed by atoms with Gasteiger partial charge in [0.05, 0.1) is 6.54 Å². The molecule has 0 spiro atoms. The first-order valence-electron chi connectivity index (χ1n) is 9.18. The van der Waals surface area contributed by atoms with Crippen molar-refractivity contribution >= 4 is 41.5 Å². The number of carbonyl (C=O) groups is 1. The molecule has 154 valence electrons. The number of benzene rings is 1. The van der Waals surface area contributed by atoms with Gasteiger partial charge in [-0.25, -0.2) is 0 Å². The number of hydrogen-bond acceptors (Lipinski definition) is 4. The van der Waals surface area contributed by atoms with Crippen molar-refractivity contribution in [3.8, 4) is 5.75 Å². The second-order valence-corrected chi connectivity index (χ2v) is 5.80. The second-order valence-electron chi connectivity index (χ2n) is 5.80. The maximum Gasteiger partial charge on any atom is 0.221 e. The molecule has 1 rings (SSSR count). The van der Waals surface area contributed by atoms with Gasteiger partial charge in [-0.2, -0.15) is 0 Å². The van der Waals surface area contributed by atoms with Crippen molar-refractivity contribution in [2.24, 2.45) is 4.99 Å². The molecule has 1 aromatic carbocycles. The van der Waals surface area contributed by atoms with Crippen LogP contribution < -0.4 is 20.7 Å². The van der Waals surface area contributed by atoms with Crippen molar-refractivity contribution in [2.45, 2.75) is 33.1 Å². The van der Waals surface area contributed by atoms with Crippen LogP contribution in [-0.4, -0.2) is 51.8 Å². The van der Waals surface area contributed by atoms with Gasteiger partial charge in [0.15, 0.2) is 5.96 Å². The summed E-state index contributed by atoms with van der Waals surface area (Å²) >= 11 is 0. The Morgan fingerprint density at radius 1 is 1.11 bits per heavy atom. The summed E-state index contributed by atoms with van der Waals surface area (Å²) in [6, 6.07) is 7.32. The number of anilines is 1. The second kappa shape index (κ2) is 16.6. The lowest BCUT2D eigenvalue weighted by atomic mass is 10.3. The van der Waals surface area contributed by atoms with Gasteiger partial charge in [0, 0.05) is 45.5 Å². The van der Waals surface area contributed by atoms with Crippen LogP contribution in [0.3, 0.4) is 0 Å². The van der Waals surface area contributed by atoms with Crippen molar-refractivity contribution in [3.63, 3.8) is 0 Å². The molecule has 0 aromatic heterocycles. The molecule has 0 aliphatic rings. The molecule has 27 heavy (non-hydrogen) atoms. The van der Waals surface area contributed by atoms with Crippen LogP contribution in [0.15, 0.2) is 29.3 Å². The number of ether oxygens (including phenoxy) is 2. The van der Waals surface area contributed by atoms with Gasteiger partial charge in [-0.15, -0.1) is 24.0 Å². The molecule has 3 N–H and O–H groups in total. The van der Waals surface area contributed by atoms with Crippen LogP contribution in [0.25, 0.3) is 0 Å². The molecular formula is C19H33IN4O3. The zero-order chi connectivity index (χ0) is 19.0. The Labute approximate surface area is 179 Å². The van der Waals surface area contributed by atoms with Crippen molar-refractivity contribution in [3.05, 3.63) is 24.3 Å². The number of nitrogens with zero attached hydrogens (tertiary/aromatic N) is 1. The molecule has 0 aliphatic heterocycles. The highest BCUT2D eigenvalue weighted by molar-refractivity contribution is 14.0. The van der Waals surface area contributed by atoms with Gasteiger partial charge in [-0.1, -0.05) is 19.4 Å². The van der Waals surface area contributed by atoms with Gasteiger partial charge in [0.1, 0.15) is 12.4 Å². The van der Waals surface area contributed by atoms with Crippen LogP contribution in [0, 0.1) is 0 Å². The number of halogens is 1. The van der Waals surface area contributed by atoms with E-state index in [0.717, 1.165) is 50.7 Å². The number of guanidine groups is 1. The van der Waals surface area contributed by atoms with Gasteiger partial charge < -0.3 is 25.4 Å². The maximum absolute atomic E-state index is 11.1. The highest BCUT2D eigenvalue weighted by Gasteiger charge is 2.00. The summed E-state index contributed by atoms with van der Waals surface area (Å²) in [5.74, 6) is 1.36. The summed E-state index contributed by atoms with van der Waals surface area (Å²) in [5, 5.41) is 9.18. The molecule has 0 saturated heterocycles. The van der Waals surface area contributed by atoms with Crippen LogP contribution in [0.4, 0.5) is 5.69 Å². The van der Waals surface area contributed by atoms with E-state index in [1.807, 2.05) is 18.2 Å². The Morgan fingerprint density at radius 3 is 2.56 bits per heavy atom. The first-order valence-corrected chi connectivity index (χ1v) is 9.18. The van der Waals surface area contributed by atoms with E-state index in [-0.39, 0.29) is 29.9 Å². The largest absolute Gasteiger partial charge is 0.492 e. The third-order valence-electron chi connectivity index (χ3n) is 3.44. The number of unbranched alkanes of at least 4 members (excludes halogenated alkanes) is 1. The minimum atomic E-state index is -0.102. The lowest BCUT2D eigenvalue weighted by Crippen LogP contribution is -2.39. The smallest absolute Gasteiger partial charge is 0.221 e. The van der Waals surface area contributed by atoms with Crippen LogP contribution in [0.2, 0.25) is 0 Å². The topological polar surface area (TPSA) is 84.0 Å². The van der Waals surface area contributed by atoms with Crippen LogP contribution in [0.1, 0.15) is 33.1 Å². The third-order valence-corrected chi connectivity index (χ3v) is 3.44. The lowest BCUT2D eigenvalue weighted by molar-refractivity contribution is -0.114. The van der Waals surface area contributed by atoms with Crippen molar-refractivity contribution in [1.82, 2.24) is 10.6 Å². The number of aliphatic imine (C=N–C) groups is 1. The standard InChI is InChI=1S/C19H32N4O3.HI/c1-4-5-12-25-13-7-10-21-19(20-3)22-11-14-26-18-9-6-8-17(15-18)23-16(2)24;/h6,8-9,15H,4-5,7,10-14H2,1-3H3,(H,23,24)(H2,20,21,22);1H. The molecule has 0 atom stereocenters. The molecule has 0 aliphatic carbocycles. The van der Waals surface area contributed by atoms with E-state index in [2.05, 4.69) is 27.9 Å². The summed E-state index contributed by atoms with van der Waals surface area (Å²) in [6.45, 7) is 7.16. The van der Waals surface area contributed by atoms with E-state index in [9.17, 15) is 4.79 Å². The summed E-state index contributed by atoms with van der Waals surface area (Å²) in [4.78, 5) is 15.3. The average molecular weight is 492 g/mol. The molecule has 1 amide bonds. The van der Waals surface area contributed by atoms with Gasteiger partial charge in [-0.3, -0.25) is 9.79 Å². The molecule has 0 unspecified atom stereocenters. The third kappa shape index (κ3) is 13.3. The normalized spacial score (nSPS) is 10.7. The van der Waals surface area contributed by atoms with Crippen molar-refractivity contribution in [1.29, 1.82) is 0 Å². The van der Waals surface area contributed by atoms with Crippen LogP contribution in [-0.2, 0) is 9.53 Å². The van der Waals surface area contributed by atoms with Crippen LogP contribution in [0.5, 0.6) is 5.75 Å². The fourth-order valence-electron chi connectivity index (χ4n) is 2.16. The minimum Gasteiger partial charge on any atom is -0.492 e. The first-order chi connectivity index (χ1) is 12.7. The van der Waals surface area contributed by atoms with E-state index in [1.54, 1.807) is 13.1 Å². The Balaban J connectivity index is 0.00000676. The SMILES string of the molecule is CCCCOCCCNC(=NC)NCCOc1cccc(NC(C)=O)c1.I. The van der Waals surface area contributed by atoms with Crippen molar-refractivity contribution < 1.29 is 14.3 Å². The van der Waals surface area contributed by atoms with E-state index in [4.69, 9.17) is 9.47 Å². The minimum absolute atomic E-state index is 0. The Morgan fingerprint density at radius 2 is 1.85 bits per heavy atom. The van der Waals surface area contributed by atoms with E-state index < -0.39 is 0 Å². The van der Waals surface area contributed by atoms with Crippen molar-refractivity contribution in [2.75, 3.05) is 45.3 Å². The Hall–Kier alpha value is -1.55. The highest BCUT2D eigenvalue weighted by Crippen LogP contribution is 2.16. The fourth-order valence-corrected chi connectivity index (χ4v) is 2.16. The molecule has 0 heterocycles. The van der Waals surface area contributed by atoms with Gasteiger partial charge in [0.25, 0.3) is 0 Å². The quantitative estimate of drug-likeness (QED) is 0.181. The number of hydrogen-bond donors (Lipinski definition) is 3. The number of amides is 1. The van der Waals surface area contributed by atoms with E-state index >= 15 is 0 Å². The number of carbonyl (C=O) groups excluding carboxylic acids is 1. The summed E-state index contributed by atoms with van der Waals surface area (Å²) in [5.41, 5.74) is 0.724. The molecule has 7 nitrogen and oxygen atoms in total. The Kier molecular flexibility index (Phi) is 15.7. The maximum atomic E-state index is 11.1. The molecule has 0 saturated carbocycles. The molecule has 1 aromatic rings. The number of nitrogens with one attached hydrogen (secondary N) is 3. The van der Waals surface area contributed by atoms with Gasteiger partial charge >= 0.3 is 0 Å². The molecule has 0 radical (unpaired) electrons. The fraction of sp³-hybridized carbons (Fsp3) is 0.579. The zero-order valence-electron chi connectivity index (χ0n) is 16.5. The highest BCUT2D eigenvalue weighted by atomic mass is 127. The molecule has 8 heteroatoms. The summed E-state index contributed by atoms with van der Waals surface area (Å²) in [6.07, 6.45) is 3.22. The molecular weight excluding hydrogens is 459 g/mol. The van der Waals surface area contributed by atoms with Crippen LogP contribution >= 0.6 is 24.0 Å². The first kappa shape index (κ1) is 25.4. The molecule has 0 fully saturated rings. The summed E-state index contributed by atoms with van der Waals surface area (Å²) < 4.78 is 11.2. The van der Waals surface area contributed by atoms with E-state index in [0.29, 0.717) is 18.9 Å². The number of rotatable bonds is 12. The lowest BCUT2D eigenvalue weighted by Gasteiger charge is -2.13. The average Bonchev–Trinajstić information content (AvgIpc) is 2.62. The van der Waals surface area contributed by atoms with Gasteiger partial charge in [-0.05, 0) is 25.0 Å². The predicted octanol–water partition coefficient (Wildman–Crippen LogP) is 3.01.